The third-order valence-corrected chi connectivity index (χ3v) is 4.52. The molecule has 4 nitrogen and oxygen atoms in total. The zero-order chi connectivity index (χ0) is 17.9. The van der Waals surface area contributed by atoms with E-state index >= 15 is 0 Å². The van der Waals surface area contributed by atoms with Crippen molar-refractivity contribution in [3.8, 4) is 0 Å². The molecule has 1 amide bonds. The predicted octanol–water partition coefficient (Wildman–Crippen LogP) is 4.84. The van der Waals surface area contributed by atoms with Gasteiger partial charge >= 0.3 is 6.18 Å². The summed E-state index contributed by atoms with van der Waals surface area (Å²) in [7, 11) is 0. The molecule has 9 heteroatoms. The number of carbonyl (C=O) groups excluding carboxylic acids is 1. The van der Waals surface area contributed by atoms with Crippen LogP contribution in [0.15, 0.2) is 22.7 Å². The Morgan fingerprint density at radius 2 is 2.08 bits per heavy atom. The molecular formula is C15H14ClF3N2O2S. The summed E-state index contributed by atoms with van der Waals surface area (Å²) in [6, 6.07) is 2.79. The van der Waals surface area contributed by atoms with Crippen LogP contribution in [0.1, 0.15) is 22.6 Å². The Morgan fingerprint density at radius 3 is 2.67 bits per heavy atom. The molecule has 0 aliphatic rings. The lowest BCUT2D eigenvalue weighted by Crippen LogP contribution is -2.15. The van der Waals surface area contributed by atoms with Gasteiger partial charge in [-0.25, -0.2) is 0 Å². The number of nitrogens with one attached hydrogen (secondary N) is 1. The van der Waals surface area contributed by atoms with Gasteiger partial charge in [0, 0.05) is 11.3 Å². The quantitative estimate of drug-likeness (QED) is 0.809. The van der Waals surface area contributed by atoms with Gasteiger partial charge in [-0.2, -0.15) is 13.2 Å². The summed E-state index contributed by atoms with van der Waals surface area (Å²) >= 11 is 7.14. The van der Waals surface area contributed by atoms with Crippen LogP contribution in [0.5, 0.6) is 0 Å². The molecule has 0 spiro atoms. The average molecular weight is 379 g/mol. The number of benzene rings is 1. The molecule has 2 aromatic rings. The molecule has 1 aromatic heterocycles. The van der Waals surface area contributed by atoms with Crippen LogP contribution in [-0.2, 0) is 16.7 Å². The minimum atomic E-state index is -4.50. The lowest BCUT2D eigenvalue weighted by molar-refractivity contribution is -0.137. The summed E-state index contributed by atoms with van der Waals surface area (Å²) in [4.78, 5) is 11.9. The van der Waals surface area contributed by atoms with Gasteiger partial charge in [0.25, 0.3) is 0 Å². The summed E-state index contributed by atoms with van der Waals surface area (Å²) in [5.74, 6) is 0.830. The highest BCUT2D eigenvalue weighted by molar-refractivity contribution is 7.99. The summed E-state index contributed by atoms with van der Waals surface area (Å²) in [5, 5.41) is 6.26. The zero-order valence-corrected chi connectivity index (χ0v) is 14.4. The molecule has 0 radical (unpaired) electrons. The van der Waals surface area contributed by atoms with E-state index in [1.165, 1.54) is 11.8 Å². The molecule has 0 aliphatic heterocycles. The van der Waals surface area contributed by atoms with Crippen molar-refractivity contribution in [1.29, 1.82) is 0 Å². The highest BCUT2D eigenvalue weighted by Crippen LogP contribution is 2.33. The number of nitrogens with zero attached hydrogens (tertiary/aromatic N) is 1. The predicted molar refractivity (Wildman–Crippen MR) is 87.2 cm³/mol. The topological polar surface area (TPSA) is 55.1 Å². The van der Waals surface area contributed by atoms with Gasteiger partial charge in [0.1, 0.15) is 5.76 Å². The molecule has 0 saturated carbocycles. The van der Waals surface area contributed by atoms with Gasteiger partial charge in [0.05, 0.1) is 27.7 Å². The van der Waals surface area contributed by atoms with E-state index in [-0.39, 0.29) is 16.5 Å². The Labute approximate surface area is 145 Å². The molecule has 0 unspecified atom stereocenters. The van der Waals surface area contributed by atoms with Crippen molar-refractivity contribution in [2.75, 3.05) is 11.1 Å². The standard InChI is InChI=1S/C15H14ClF3N2O2S/c1-8-11(9(2)23-21-8)6-24-7-14(22)20-13-5-10(15(17,18)19)3-4-12(13)16/h3-5H,6-7H2,1-2H3,(H,20,22). The second-order valence-corrected chi connectivity index (χ2v) is 6.43. The van der Waals surface area contributed by atoms with Gasteiger partial charge in [-0.15, -0.1) is 11.8 Å². The molecule has 1 N–H and O–H groups in total. The van der Waals surface area contributed by atoms with Crippen molar-refractivity contribution in [3.63, 3.8) is 0 Å². The number of alkyl halides is 3. The Bertz CT molecular complexity index is 727. The maximum atomic E-state index is 12.7. The number of thioether (sulfide) groups is 1. The van der Waals surface area contributed by atoms with Crippen molar-refractivity contribution in [1.82, 2.24) is 5.16 Å². The fourth-order valence-corrected chi connectivity index (χ4v) is 3.08. The smallest absolute Gasteiger partial charge is 0.361 e. The van der Waals surface area contributed by atoms with Crippen LogP contribution in [0.25, 0.3) is 0 Å². The maximum absolute atomic E-state index is 12.7. The number of aryl methyl sites for hydroxylation is 2. The van der Waals surface area contributed by atoms with Crippen LogP contribution in [0, 0.1) is 13.8 Å². The minimum Gasteiger partial charge on any atom is -0.361 e. The number of anilines is 1. The second-order valence-electron chi connectivity index (χ2n) is 5.04. The van der Waals surface area contributed by atoms with Crippen LogP contribution >= 0.6 is 23.4 Å². The average Bonchev–Trinajstić information content (AvgIpc) is 2.80. The molecule has 24 heavy (non-hydrogen) atoms. The second kappa shape index (κ2) is 7.48. The number of rotatable bonds is 5. The lowest BCUT2D eigenvalue weighted by Gasteiger charge is -2.11. The van der Waals surface area contributed by atoms with Crippen molar-refractivity contribution < 1.29 is 22.5 Å². The van der Waals surface area contributed by atoms with Gasteiger partial charge in [-0.1, -0.05) is 16.8 Å². The fraction of sp³-hybridized carbons (Fsp3) is 0.333. The third kappa shape index (κ3) is 4.67. The van der Waals surface area contributed by atoms with E-state index in [1.807, 2.05) is 0 Å². The molecule has 0 bridgehead atoms. The number of hydrogen-bond acceptors (Lipinski definition) is 4. The van der Waals surface area contributed by atoms with Gasteiger partial charge in [0.2, 0.25) is 5.91 Å². The van der Waals surface area contributed by atoms with Crippen LogP contribution < -0.4 is 5.32 Å². The number of carbonyl (C=O) groups is 1. The molecule has 1 heterocycles. The van der Waals surface area contributed by atoms with Crippen LogP contribution in [0.4, 0.5) is 18.9 Å². The molecule has 0 atom stereocenters. The number of hydrogen-bond donors (Lipinski definition) is 1. The zero-order valence-electron chi connectivity index (χ0n) is 12.8. The first-order chi connectivity index (χ1) is 11.2. The largest absolute Gasteiger partial charge is 0.416 e. The third-order valence-electron chi connectivity index (χ3n) is 3.23. The molecule has 0 aliphatic carbocycles. The molecule has 2 rings (SSSR count). The maximum Gasteiger partial charge on any atom is 0.416 e. The first-order valence-electron chi connectivity index (χ1n) is 6.84. The van der Waals surface area contributed by atoms with Crippen LogP contribution in [-0.4, -0.2) is 16.8 Å². The van der Waals surface area contributed by atoms with E-state index in [1.54, 1.807) is 13.8 Å². The summed E-state index contributed by atoms with van der Waals surface area (Å²) < 4.78 is 43.1. The SMILES string of the molecule is Cc1noc(C)c1CSCC(=O)Nc1cc(C(F)(F)F)ccc1Cl. The van der Waals surface area contributed by atoms with Crippen LogP contribution in [0.3, 0.4) is 0 Å². The molecule has 0 saturated heterocycles. The van der Waals surface area contributed by atoms with Gasteiger partial charge in [-0.3, -0.25) is 4.79 Å². The van der Waals surface area contributed by atoms with Crippen molar-refractivity contribution in [3.05, 3.63) is 45.8 Å². The highest BCUT2D eigenvalue weighted by Gasteiger charge is 2.31. The summed E-state index contributed by atoms with van der Waals surface area (Å²) in [5.41, 5.74) is 0.728. The summed E-state index contributed by atoms with van der Waals surface area (Å²) in [6.07, 6.45) is -4.50. The Hall–Kier alpha value is -1.67. The van der Waals surface area contributed by atoms with E-state index in [9.17, 15) is 18.0 Å². The van der Waals surface area contributed by atoms with E-state index in [2.05, 4.69) is 10.5 Å². The van der Waals surface area contributed by atoms with Crippen molar-refractivity contribution in [2.24, 2.45) is 0 Å². The van der Waals surface area contributed by atoms with E-state index < -0.39 is 17.6 Å². The monoisotopic (exact) mass is 378 g/mol. The molecule has 130 valence electrons. The van der Waals surface area contributed by atoms with Crippen LogP contribution in [0.2, 0.25) is 5.02 Å². The minimum absolute atomic E-state index is 0.0482. The number of amides is 1. The summed E-state index contributed by atoms with van der Waals surface area (Å²) in [6.45, 7) is 3.58. The van der Waals surface area contributed by atoms with Gasteiger partial charge in [0.15, 0.2) is 0 Å². The van der Waals surface area contributed by atoms with Crippen molar-refractivity contribution in [2.45, 2.75) is 25.8 Å². The first kappa shape index (κ1) is 18.7. The fourth-order valence-electron chi connectivity index (χ4n) is 1.94. The van der Waals surface area contributed by atoms with E-state index in [0.29, 0.717) is 11.5 Å². The molecular weight excluding hydrogens is 365 g/mol. The highest BCUT2D eigenvalue weighted by atomic mass is 35.5. The van der Waals surface area contributed by atoms with Crippen molar-refractivity contribution >= 4 is 35.0 Å². The Morgan fingerprint density at radius 1 is 1.38 bits per heavy atom. The Balaban J connectivity index is 1.95. The van der Waals surface area contributed by atoms with E-state index in [4.69, 9.17) is 16.1 Å². The molecule has 1 aromatic carbocycles. The van der Waals surface area contributed by atoms with Gasteiger partial charge in [-0.05, 0) is 32.0 Å². The lowest BCUT2D eigenvalue weighted by atomic mass is 10.2. The van der Waals surface area contributed by atoms with E-state index in [0.717, 1.165) is 29.5 Å². The Kier molecular flexibility index (Phi) is 5.82. The first-order valence-corrected chi connectivity index (χ1v) is 8.38. The normalized spacial score (nSPS) is 11.6. The molecule has 0 fully saturated rings. The number of halogens is 4. The number of aromatic nitrogens is 1. The van der Waals surface area contributed by atoms with Gasteiger partial charge < -0.3 is 9.84 Å².